The summed E-state index contributed by atoms with van der Waals surface area (Å²) in [5, 5.41) is 23.7. The molecule has 20 rings (SSSR count). The third kappa shape index (κ3) is 17.3. The van der Waals surface area contributed by atoms with Crippen LogP contribution in [-0.2, 0) is 0 Å². The minimum Gasteiger partial charge on any atom is -0.508 e. The Bertz CT molecular complexity index is 6180. The van der Waals surface area contributed by atoms with Gasteiger partial charge in [-0.25, -0.2) is 0 Å². The summed E-state index contributed by atoms with van der Waals surface area (Å²) >= 11 is 10.8. The summed E-state index contributed by atoms with van der Waals surface area (Å²) in [6, 6.07) is 153. The summed E-state index contributed by atoms with van der Waals surface area (Å²) in [4.78, 5) is 8.83. The molecular weight excluding hydrogens is 1670 g/mol. The SMILES string of the molecule is Brc1ccc2c(c1)c1ccc(Br)cc1c1ccc(Br)cc21.C.Oc1cccc(N(c2ccccc2)c2ccccc2)c1.c1ccc(N(c2ccccc2)c2cccc(Oc3ccc4c(c3)c3ccc(Oc5cccc(N(c6ccccc6)c6ccccc6)c5)cc3c3ccc(Oc5cccc(N(c6ccccc6)c6ccccc6)c5)cc43)c2)cc1. The van der Waals surface area contributed by atoms with Crippen LogP contribution in [0.15, 0.2) is 462 Å². The smallest absolute Gasteiger partial charge is 0.129 e. The lowest BCUT2D eigenvalue weighted by Gasteiger charge is -2.25. The van der Waals surface area contributed by atoms with Gasteiger partial charge in [0.1, 0.15) is 40.2 Å². The van der Waals surface area contributed by atoms with Crippen molar-refractivity contribution in [3.63, 3.8) is 0 Å². The number of ether oxygens (including phenoxy) is 3. The first-order valence-corrected chi connectivity index (χ1v) is 41.6. The molecule has 580 valence electrons. The fourth-order valence-corrected chi connectivity index (χ4v) is 16.6. The van der Waals surface area contributed by atoms with Gasteiger partial charge in [0.15, 0.2) is 0 Å². The lowest BCUT2D eigenvalue weighted by atomic mass is 9.94. The molecule has 0 fully saturated rings. The van der Waals surface area contributed by atoms with Crippen LogP contribution in [0.3, 0.4) is 0 Å². The molecule has 0 aliphatic heterocycles. The standard InChI is InChI=1S/C72H51N3O3.C18H9Br3.C18H15NO.CH4/c1-7-22-52(23-8-1)73(53-24-9-2-10-25-53)58-34-19-37-61(46-58)76-64-40-43-67-70(49-64)68-44-41-65(77-62-38-20-35-59(47-62)74(54-26-11-3-12-27-54)55-28-13-4-14-29-55)51-72(68)69-45-42-66(50-71(67)69)78-63-39-21-36-60(48-63)75(56-30-15-5-16-31-56)57-32-17-6-18-33-57;19-10-1-4-13-16(7-10)14-5-2-12(21)9-18(14)15-6-3-11(20)8-17(13)15;20-18-13-7-12-17(14-18)19(15-8-3-1-4-9-15)16-10-5-2-6-11-16;/h1-51H;1-9H;1-14,20H;1H4. The van der Waals surface area contributed by atoms with E-state index >= 15 is 0 Å². The highest BCUT2D eigenvalue weighted by Gasteiger charge is 2.21. The zero-order chi connectivity index (χ0) is 80.4. The van der Waals surface area contributed by atoms with Crippen molar-refractivity contribution in [2.45, 2.75) is 7.43 Å². The Morgan fingerprint density at radius 1 is 0.158 bits per heavy atom. The van der Waals surface area contributed by atoms with Gasteiger partial charge >= 0.3 is 0 Å². The molecule has 0 spiro atoms. The van der Waals surface area contributed by atoms with Gasteiger partial charge in [0.25, 0.3) is 0 Å². The molecule has 8 nitrogen and oxygen atoms in total. The lowest BCUT2D eigenvalue weighted by Crippen LogP contribution is -2.09. The fraction of sp³-hybridized carbons (Fsp3) is 0.00917. The van der Waals surface area contributed by atoms with Crippen LogP contribution >= 0.6 is 47.8 Å². The van der Waals surface area contributed by atoms with Gasteiger partial charge in [0.05, 0.1) is 0 Å². The van der Waals surface area contributed by atoms with Crippen LogP contribution in [0.2, 0.25) is 0 Å². The van der Waals surface area contributed by atoms with Crippen molar-refractivity contribution in [3.8, 4) is 40.2 Å². The fourth-order valence-electron chi connectivity index (χ4n) is 15.6. The molecule has 20 aromatic rings. The molecule has 120 heavy (non-hydrogen) atoms. The number of hydrogen-bond donors (Lipinski definition) is 1. The molecule has 0 saturated carbocycles. The number of anilines is 12. The van der Waals surface area contributed by atoms with E-state index in [1.807, 2.05) is 121 Å². The zero-order valence-corrected chi connectivity index (χ0v) is 69.1. The maximum atomic E-state index is 9.73. The summed E-state index contributed by atoms with van der Waals surface area (Å²) in [6.07, 6.45) is 0. The normalized spacial score (nSPS) is 10.9. The Hall–Kier alpha value is -14.2. The topological polar surface area (TPSA) is 60.9 Å². The second kappa shape index (κ2) is 36.1. The summed E-state index contributed by atoms with van der Waals surface area (Å²) in [6.45, 7) is 0. The van der Waals surface area contributed by atoms with Gasteiger partial charge in [-0.15, -0.1) is 0 Å². The van der Waals surface area contributed by atoms with Gasteiger partial charge in [-0.2, -0.15) is 0 Å². The second-order valence-electron chi connectivity index (χ2n) is 28.5. The molecule has 0 radical (unpaired) electrons. The number of benzene rings is 20. The Labute approximate surface area is 723 Å². The summed E-state index contributed by atoms with van der Waals surface area (Å²) in [5.74, 6) is 4.59. The van der Waals surface area contributed by atoms with Crippen LogP contribution in [0.5, 0.6) is 40.2 Å². The predicted octanol–water partition coefficient (Wildman–Crippen LogP) is 33.9. The largest absolute Gasteiger partial charge is 0.508 e. The van der Waals surface area contributed by atoms with E-state index in [1.165, 1.54) is 32.3 Å². The second-order valence-corrected chi connectivity index (χ2v) is 31.3. The number of phenolic OH excluding ortho intramolecular Hbond substituents is 1. The number of fused-ring (bicyclic) bond motifs is 12. The first-order valence-electron chi connectivity index (χ1n) is 39.2. The molecule has 1 N–H and O–H groups in total. The van der Waals surface area contributed by atoms with Crippen molar-refractivity contribution < 1.29 is 19.3 Å². The quantitative estimate of drug-likeness (QED) is 0.0853. The van der Waals surface area contributed by atoms with Gasteiger partial charge in [0, 0.05) is 106 Å². The Balaban J connectivity index is 0.000000197. The molecule has 11 heteroatoms. The summed E-state index contributed by atoms with van der Waals surface area (Å²) in [7, 11) is 0. The number of aromatic hydroxyl groups is 1. The highest BCUT2D eigenvalue weighted by Crippen LogP contribution is 2.47. The Morgan fingerprint density at radius 3 is 0.567 bits per heavy atom. The molecule has 0 aliphatic rings. The number of halogens is 3. The molecule has 0 saturated heterocycles. The first-order chi connectivity index (χ1) is 58.6. The Kier molecular flexibility index (Phi) is 23.6. The maximum absolute atomic E-state index is 9.73. The third-order valence-corrected chi connectivity index (χ3v) is 22.3. The lowest BCUT2D eigenvalue weighted by molar-refractivity contribution is 0.475. The molecule has 0 unspecified atom stereocenters. The molecule has 0 amide bonds. The molecule has 0 aromatic heterocycles. The summed E-state index contributed by atoms with van der Waals surface area (Å²) in [5.41, 5.74) is 12.3. The van der Waals surface area contributed by atoms with Crippen LogP contribution in [-0.4, -0.2) is 5.11 Å². The van der Waals surface area contributed by atoms with Crippen molar-refractivity contribution in [1.82, 2.24) is 0 Å². The van der Waals surface area contributed by atoms with E-state index in [1.54, 1.807) is 12.1 Å². The number of hydrogen-bond acceptors (Lipinski definition) is 8. The van der Waals surface area contributed by atoms with Crippen molar-refractivity contribution in [1.29, 1.82) is 0 Å². The van der Waals surface area contributed by atoms with Gasteiger partial charge < -0.3 is 38.9 Å². The number of rotatable bonds is 18. The minimum atomic E-state index is 0. The minimum absolute atomic E-state index is 0. The maximum Gasteiger partial charge on any atom is 0.129 e. The number of phenols is 1. The van der Waals surface area contributed by atoms with E-state index in [4.69, 9.17) is 14.2 Å². The van der Waals surface area contributed by atoms with Gasteiger partial charge in [-0.05, 0) is 283 Å². The van der Waals surface area contributed by atoms with Crippen LogP contribution in [0.25, 0.3) is 64.6 Å². The average Bonchev–Trinajstić information content (AvgIpc) is 0.741. The first kappa shape index (κ1) is 78.3. The Morgan fingerprint density at radius 2 is 0.342 bits per heavy atom. The monoisotopic (exact) mass is 1740 g/mol. The number of para-hydroxylation sites is 8. The predicted molar refractivity (Wildman–Crippen MR) is 514 cm³/mol. The van der Waals surface area contributed by atoms with Crippen molar-refractivity contribution >= 4 is 181 Å². The molecule has 0 atom stereocenters. The third-order valence-electron chi connectivity index (χ3n) is 20.8. The van der Waals surface area contributed by atoms with Gasteiger partial charge in [-0.3, -0.25) is 0 Å². The average molecular weight is 1750 g/mol. The van der Waals surface area contributed by atoms with Crippen LogP contribution in [0.1, 0.15) is 7.43 Å². The highest BCUT2D eigenvalue weighted by atomic mass is 79.9. The van der Waals surface area contributed by atoms with E-state index in [0.717, 1.165) is 148 Å². The van der Waals surface area contributed by atoms with Crippen LogP contribution in [0.4, 0.5) is 68.2 Å². The summed E-state index contributed by atoms with van der Waals surface area (Å²) < 4.78 is 23.8. The van der Waals surface area contributed by atoms with E-state index in [0.29, 0.717) is 0 Å². The van der Waals surface area contributed by atoms with E-state index in [-0.39, 0.29) is 13.2 Å². The molecule has 0 aliphatic carbocycles. The van der Waals surface area contributed by atoms with E-state index < -0.39 is 0 Å². The van der Waals surface area contributed by atoms with Gasteiger partial charge in [-0.1, -0.05) is 261 Å². The van der Waals surface area contributed by atoms with Crippen molar-refractivity contribution in [3.05, 3.63) is 462 Å². The number of nitrogens with zero attached hydrogens (tertiary/aromatic N) is 4. The van der Waals surface area contributed by atoms with Crippen LogP contribution in [0, 0.1) is 0 Å². The highest BCUT2D eigenvalue weighted by molar-refractivity contribution is 9.11. The molecule has 0 heterocycles. The van der Waals surface area contributed by atoms with E-state index in [2.05, 4.69) is 383 Å². The molecule has 0 bridgehead atoms. The zero-order valence-electron chi connectivity index (χ0n) is 64.3. The van der Waals surface area contributed by atoms with Crippen molar-refractivity contribution in [2.24, 2.45) is 0 Å². The molecule has 20 aromatic carbocycles. The molecular formula is C109H79Br3N4O4. The van der Waals surface area contributed by atoms with Crippen molar-refractivity contribution in [2.75, 3.05) is 19.6 Å². The van der Waals surface area contributed by atoms with E-state index in [9.17, 15) is 5.11 Å². The van der Waals surface area contributed by atoms with Gasteiger partial charge in [0.2, 0.25) is 0 Å². The van der Waals surface area contributed by atoms with Crippen LogP contribution < -0.4 is 33.8 Å².